The molecule has 0 fully saturated rings. The Kier molecular flexibility index (Phi) is 4.60. The number of benzene rings is 1. The lowest BCUT2D eigenvalue weighted by Gasteiger charge is -2.09. The molecule has 3 aromatic rings. The minimum atomic E-state index is -0.0350. The van der Waals surface area contributed by atoms with Gasteiger partial charge in [-0.15, -0.1) is 11.3 Å². The second-order valence-corrected chi connectivity index (χ2v) is 8.61. The summed E-state index contributed by atoms with van der Waals surface area (Å²) < 4.78 is 0. The number of rotatable bonds is 3. The number of aromatic amines is 1. The first kappa shape index (κ1) is 16.5. The maximum Gasteiger partial charge on any atom is 0.260 e. The Morgan fingerprint density at radius 1 is 1.21 bits per heavy atom. The number of H-pyrrole nitrogens is 1. The van der Waals surface area contributed by atoms with Gasteiger partial charge in [-0.05, 0) is 48.9 Å². The van der Waals surface area contributed by atoms with Gasteiger partial charge in [-0.1, -0.05) is 41.0 Å². The highest BCUT2D eigenvalue weighted by Gasteiger charge is 2.20. The topological polar surface area (TPSA) is 45.8 Å². The predicted octanol–water partition coefficient (Wildman–Crippen LogP) is 5.46. The summed E-state index contributed by atoms with van der Waals surface area (Å²) in [7, 11) is 0. The number of aryl methyl sites for hydroxylation is 2. The second kappa shape index (κ2) is 6.71. The van der Waals surface area contributed by atoms with Crippen LogP contribution in [-0.4, -0.2) is 9.97 Å². The molecule has 0 bridgehead atoms. The maximum absolute atomic E-state index is 12.5. The molecule has 24 heavy (non-hydrogen) atoms. The average molecular weight is 397 g/mol. The Labute approximate surface area is 157 Å². The van der Waals surface area contributed by atoms with Crippen LogP contribution in [-0.2, 0) is 18.6 Å². The fourth-order valence-corrected chi connectivity index (χ4v) is 5.95. The molecule has 4 rings (SSSR count). The molecule has 0 saturated carbocycles. The molecule has 0 amide bonds. The smallest absolute Gasteiger partial charge is 0.260 e. The molecule has 0 aliphatic heterocycles. The van der Waals surface area contributed by atoms with Crippen LogP contribution in [0.5, 0.6) is 0 Å². The zero-order valence-electron chi connectivity index (χ0n) is 12.7. The van der Waals surface area contributed by atoms with E-state index in [-0.39, 0.29) is 5.56 Å². The number of halogens is 2. The van der Waals surface area contributed by atoms with Crippen LogP contribution in [0.3, 0.4) is 0 Å². The van der Waals surface area contributed by atoms with E-state index in [1.807, 2.05) is 18.2 Å². The van der Waals surface area contributed by atoms with E-state index >= 15 is 0 Å². The second-order valence-electron chi connectivity index (χ2n) is 5.75. The van der Waals surface area contributed by atoms with Crippen molar-refractivity contribution >= 4 is 56.5 Å². The number of nitrogens with one attached hydrogen (secondary N) is 1. The van der Waals surface area contributed by atoms with Gasteiger partial charge >= 0.3 is 0 Å². The van der Waals surface area contributed by atoms with Crippen molar-refractivity contribution in [3.8, 4) is 0 Å². The van der Waals surface area contributed by atoms with E-state index in [4.69, 9.17) is 23.2 Å². The summed E-state index contributed by atoms with van der Waals surface area (Å²) >= 11 is 15.5. The minimum Gasteiger partial charge on any atom is -0.301 e. The van der Waals surface area contributed by atoms with Crippen molar-refractivity contribution in [3.63, 3.8) is 0 Å². The van der Waals surface area contributed by atoms with E-state index in [9.17, 15) is 4.79 Å². The molecule has 124 valence electrons. The number of aromatic nitrogens is 2. The van der Waals surface area contributed by atoms with Gasteiger partial charge in [0.2, 0.25) is 0 Å². The third kappa shape index (κ3) is 2.99. The minimum absolute atomic E-state index is 0.0350. The summed E-state index contributed by atoms with van der Waals surface area (Å²) in [5, 5.41) is 2.66. The molecule has 0 saturated heterocycles. The van der Waals surface area contributed by atoms with Gasteiger partial charge in [-0.2, -0.15) is 0 Å². The molecule has 1 aromatic carbocycles. The summed E-state index contributed by atoms with van der Waals surface area (Å²) in [6.45, 7) is 0. The lowest BCUT2D eigenvalue weighted by atomic mass is 9.97. The van der Waals surface area contributed by atoms with E-state index in [1.165, 1.54) is 28.6 Å². The molecule has 1 N–H and O–H groups in total. The van der Waals surface area contributed by atoms with Crippen LogP contribution in [0.25, 0.3) is 10.2 Å². The molecule has 0 atom stereocenters. The van der Waals surface area contributed by atoms with Crippen molar-refractivity contribution in [1.82, 2.24) is 9.97 Å². The Morgan fingerprint density at radius 3 is 2.75 bits per heavy atom. The number of fused-ring (bicyclic) bond motifs is 3. The van der Waals surface area contributed by atoms with E-state index in [1.54, 1.807) is 11.3 Å². The first-order valence-corrected chi connectivity index (χ1v) is 10.3. The van der Waals surface area contributed by atoms with Crippen LogP contribution in [0, 0.1) is 0 Å². The molecule has 7 heteroatoms. The number of nitrogens with zero attached hydrogens (tertiary/aromatic N) is 1. The molecule has 2 aromatic heterocycles. The molecule has 3 nitrogen and oxygen atoms in total. The Hall–Kier alpha value is -1.01. The van der Waals surface area contributed by atoms with Crippen LogP contribution in [0.4, 0.5) is 0 Å². The molecular formula is C17H14Cl2N2OS2. The molecule has 1 aliphatic rings. The first-order valence-electron chi connectivity index (χ1n) is 7.74. The van der Waals surface area contributed by atoms with Gasteiger partial charge in [0.1, 0.15) is 4.83 Å². The molecule has 0 spiro atoms. The molecule has 2 heterocycles. The normalized spacial score (nSPS) is 14.1. The van der Waals surface area contributed by atoms with Crippen molar-refractivity contribution in [2.75, 3.05) is 0 Å². The summed E-state index contributed by atoms with van der Waals surface area (Å²) in [5.41, 5.74) is 2.03. The van der Waals surface area contributed by atoms with E-state index in [2.05, 4.69) is 9.97 Å². The average Bonchev–Trinajstić information content (AvgIpc) is 2.93. The first-order chi connectivity index (χ1) is 11.6. The molecule has 0 unspecified atom stereocenters. The quantitative estimate of drug-likeness (QED) is 0.471. The zero-order valence-corrected chi connectivity index (χ0v) is 15.8. The van der Waals surface area contributed by atoms with Gasteiger partial charge in [0.05, 0.1) is 5.39 Å². The Morgan fingerprint density at radius 2 is 1.96 bits per heavy atom. The molecule has 0 radical (unpaired) electrons. The third-order valence-corrected chi connectivity index (χ3v) is 7.01. The van der Waals surface area contributed by atoms with Crippen molar-refractivity contribution in [2.45, 2.75) is 36.6 Å². The van der Waals surface area contributed by atoms with Gasteiger partial charge in [0.15, 0.2) is 5.16 Å². The van der Waals surface area contributed by atoms with Gasteiger partial charge < -0.3 is 4.98 Å². The van der Waals surface area contributed by atoms with Gasteiger partial charge in [-0.25, -0.2) is 4.98 Å². The summed E-state index contributed by atoms with van der Waals surface area (Å²) in [6, 6.07) is 5.45. The molecular weight excluding hydrogens is 383 g/mol. The van der Waals surface area contributed by atoms with Crippen molar-refractivity contribution in [3.05, 3.63) is 54.6 Å². The maximum atomic E-state index is 12.5. The number of thioether (sulfide) groups is 1. The van der Waals surface area contributed by atoms with Crippen LogP contribution in [0.2, 0.25) is 10.0 Å². The summed E-state index contributed by atoms with van der Waals surface area (Å²) in [4.78, 5) is 22.3. The van der Waals surface area contributed by atoms with Crippen molar-refractivity contribution in [2.24, 2.45) is 0 Å². The fourth-order valence-electron chi connectivity index (χ4n) is 3.02. The fraction of sp³-hybridized carbons (Fsp3) is 0.294. The highest BCUT2D eigenvalue weighted by Crippen LogP contribution is 2.35. The van der Waals surface area contributed by atoms with Crippen LogP contribution >= 0.6 is 46.3 Å². The Balaban J connectivity index is 1.67. The highest BCUT2D eigenvalue weighted by molar-refractivity contribution is 7.98. The zero-order chi connectivity index (χ0) is 16.7. The highest BCUT2D eigenvalue weighted by atomic mass is 35.5. The van der Waals surface area contributed by atoms with E-state index in [0.717, 1.165) is 35.0 Å². The summed E-state index contributed by atoms with van der Waals surface area (Å²) in [5.74, 6) is 0.568. The molecule has 1 aliphatic carbocycles. The SMILES string of the molecule is O=c1[nH]c(SCc2c(Cl)cccc2Cl)nc2sc3c(c12)CCCC3. The predicted molar refractivity (Wildman–Crippen MR) is 103 cm³/mol. The van der Waals surface area contributed by atoms with Crippen LogP contribution in [0.1, 0.15) is 28.8 Å². The van der Waals surface area contributed by atoms with E-state index in [0.29, 0.717) is 21.0 Å². The number of hydrogen-bond acceptors (Lipinski definition) is 4. The lowest BCUT2D eigenvalue weighted by Crippen LogP contribution is -2.10. The van der Waals surface area contributed by atoms with Crippen molar-refractivity contribution < 1.29 is 0 Å². The van der Waals surface area contributed by atoms with Crippen LogP contribution < -0.4 is 5.56 Å². The van der Waals surface area contributed by atoms with Crippen molar-refractivity contribution in [1.29, 1.82) is 0 Å². The number of thiophene rings is 1. The summed E-state index contributed by atoms with van der Waals surface area (Å²) in [6.07, 6.45) is 4.40. The lowest BCUT2D eigenvalue weighted by molar-refractivity contribution is 0.700. The standard InChI is InChI=1S/C17H14Cl2N2OS2/c18-11-5-3-6-12(19)10(11)8-23-17-20-15(22)14-9-4-1-2-7-13(9)24-16(14)21-17/h3,5-6H,1-2,4,7-8H2,(H,20,21,22). The third-order valence-electron chi connectivity index (χ3n) is 4.22. The number of hydrogen-bond donors (Lipinski definition) is 1. The van der Waals surface area contributed by atoms with Crippen LogP contribution in [0.15, 0.2) is 28.2 Å². The largest absolute Gasteiger partial charge is 0.301 e. The van der Waals surface area contributed by atoms with E-state index < -0.39 is 0 Å². The van der Waals surface area contributed by atoms with Gasteiger partial charge in [0.25, 0.3) is 5.56 Å². The van der Waals surface area contributed by atoms with Gasteiger partial charge in [-0.3, -0.25) is 4.79 Å². The van der Waals surface area contributed by atoms with Gasteiger partial charge in [0, 0.05) is 20.7 Å². The monoisotopic (exact) mass is 396 g/mol. The Bertz CT molecular complexity index is 960.